The van der Waals surface area contributed by atoms with Crippen molar-refractivity contribution in [3.05, 3.63) is 47.7 Å². The lowest BCUT2D eigenvalue weighted by atomic mass is 10.2. The molecule has 8 heteroatoms. The van der Waals surface area contributed by atoms with Crippen molar-refractivity contribution in [3.8, 4) is 16.3 Å². The lowest BCUT2D eigenvalue weighted by Crippen LogP contribution is -2.11. The lowest BCUT2D eigenvalue weighted by Gasteiger charge is -2.02. The molecule has 0 spiro atoms. The number of aryl methyl sites for hydroxylation is 1. The van der Waals surface area contributed by atoms with Gasteiger partial charge >= 0.3 is 0 Å². The van der Waals surface area contributed by atoms with Crippen LogP contribution in [0.2, 0.25) is 0 Å². The van der Waals surface area contributed by atoms with Crippen LogP contribution in [0, 0.1) is 0 Å². The van der Waals surface area contributed by atoms with Crippen LogP contribution in [-0.2, 0) is 22.6 Å². The molecule has 0 aliphatic rings. The first-order valence-electron chi connectivity index (χ1n) is 6.78. The normalized spacial score (nSPS) is 11.6. The molecule has 1 aromatic carbocycles. The van der Waals surface area contributed by atoms with Gasteiger partial charge in [-0.25, -0.2) is 18.4 Å². The monoisotopic (exact) mass is 349 g/mol. The average Bonchev–Trinajstić information content (AvgIpc) is 3.16. The van der Waals surface area contributed by atoms with Crippen LogP contribution in [-0.4, -0.2) is 30.1 Å². The van der Waals surface area contributed by atoms with Crippen molar-refractivity contribution in [2.75, 3.05) is 7.11 Å². The molecule has 0 bridgehead atoms. The summed E-state index contributed by atoms with van der Waals surface area (Å²) in [6.45, 7) is 0. The molecule has 0 aliphatic heterocycles. The summed E-state index contributed by atoms with van der Waals surface area (Å²) >= 11 is 1.41. The molecule has 0 N–H and O–H groups in total. The Kier molecular flexibility index (Phi) is 4.18. The zero-order chi connectivity index (χ0) is 16.4. The number of sulfone groups is 1. The molecular formula is C15H15N3O3S2. The molecule has 2 aromatic heterocycles. The van der Waals surface area contributed by atoms with Crippen molar-refractivity contribution in [2.24, 2.45) is 7.05 Å². The maximum absolute atomic E-state index is 12.4. The largest absolute Gasteiger partial charge is 0.497 e. The topological polar surface area (TPSA) is 74.1 Å². The zero-order valence-corrected chi connectivity index (χ0v) is 14.3. The second-order valence-corrected chi connectivity index (χ2v) is 7.70. The predicted molar refractivity (Wildman–Crippen MR) is 88.2 cm³/mol. The van der Waals surface area contributed by atoms with Crippen LogP contribution >= 0.6 is 11.3 Å². The van der Waals surface area contributed by atoms with E-state index in [1.807, 2.05) is 24.3 Å². The lowest BCUT2D eigenvalue weighted by molar-refractivity contribution is 0.415. The fraction of sp³-hybridized carbons (Fsp3) is 0.200. The van der Waals surface area contributed by atoms with Gasteiger partial charge in [-0.05, 0) is 12.1 Å². The Hall–Kier alpha value is -2.19. The number of benzene rings is 1. The summed E-state index contributed by atoms with van der Waals surface area (Å²) in [5.74, 6) is 0.568. The first kappa shape index (κ1) is 15.7. The number of methoxy groups -OCH3 is 1. The van der Waals surface area contributed by atoms with Crippen molar-refractivity contribution in [2.45, 2.75) is 10.9 Å². The molecule has 120 valence electrons. The minimum absolute atomic E-state index is 0.0495. The highest BCUT2D eigenvalue weighted by molar-refractivity contribution is 7.90. The minimum Gasteiger partial charge on any atom is -0.497 e. The molecule has 0 aliphatic carbocycles. The molecule has 23 heavy (non-hydrogen) atoms. The van der Waals surface area contributed by atoms with Gasteiger partial charge in [0.15, 0.2) is 0 Å². The summed E-state index contributed by atoms with van der Waals surface area (Å²) in [6.07, 6.45) is 3.07. The number of thiazole rings is 1. The number of ether oxygens (including phenoxy) is 1. The average molecular weight is 349 g/mol. The first-order valence-corrected chi connectivity index (χ1v) is 9.32. The van der Waals surface area contributed by atoms with Crippen LogP contribution in [0.15, 0.2) is 47.2 Å². The highest BCUT2D eigenvalue weighted by atomic mass is 32.2. The smallest absolute Gasteiger partial charge is 0.227 e. The number of hydrogen-bond donors (Lipinski definition) is 0. The van der Waals surface area contributed by atoms with E-state index in [1.54, 1.807) is 25.7 Å². The van der Waals surface area contributed by atoms with Gasteiger partial charge in [0.1, 0.15) is 16.5 Å². The van der Waals surface area contributed by atoms with Crippen LogP contribution in [0.3, 0.4) is 0 Å². The SMILES string of the molecule is COc1cccc(-c2nc(CS(=O)(=O)c3nccn3C)cs2)c1. The van der Waals surface area contributed by atoms with Crippen molar-refractivity contribution < 1.29 is 13.2 Å². The van der Waals surface area contributed by atoms with Crippen molar-refractivity contribution in [1.29, 1.82) is 0 Å². The van der Waals surface area contributed by atoms with Gasteiger partial charge in [0.25, 0.3) is 0 Å². The third-order valence-corrected chi connectivity index (χ3v) is 5.83. The standard InChI is InChI=1S/C15H15N3O3S2/c1-18-7-6-16-15(18)23(19,20)10-12-9-22-14(17-12)11-4-3-5-13(8-11)21-2/h3-9H,10H2,1-2H3. The summed E-state index contributed by atoms with van der Waals surface area (Å²) in [4.78, 5) is 8.33. The number of hydrogen-bond acceptors (Lipinski definition) is 6. The molecule has 0 amide bonds. The Morgan fingerprint density at radius 3 is 2.87 bits per heavy atom. The highest BCUT2D eigenvalue weighted by Crippen LogP contribution is 2.28. The molecule has 3 rings (SSSR count). The number of aromatic nitrogens is 3. The Balaban J connectivity index is 1.86. The third-order valence-electron chi connectivity index (χ3n) is 3.26. The molecule has 0 saturated carbocycles. The van der Waals surface area contributed by atoms with Crippen molar-refractivity contribution in [3.63, 3.8) is 0 Å². The van der Waals surface area contributed by atoms with Gasteiger partial charge < -0.3 is 9.30 Å². The fourth-order valence-electron chi connectivity index (χ4n) is 2.17. The van der Waals surface area contributed by atoms with Gasteiger partial charge in [0.05, 0.1) is 12.8 Å². The summed E-state index contributed by atoms with van der Waals surface area (Å²) in [5, 5.41) is 2.57. The van der Waals surface area contributed by atoms with E-state index in [9.17, 15) is 8.42 Å². The molecule has 0 atom stereocenters. The maximum Gasteiger partial charge on any atom is 0.227 e. The van der Waals surface area contributed by atoms with Gasteiger partial charge in [0.2, 0.25) is 15.0 Å². The maximum atomic E-state index is 12.4. The van der Waals surface area contributed by atoms with Crippen molar-refractivity contribution in [1.82, 2.24) is 14.5 Å². The van der Waals surface area contributed by atoms with E-state index in [0.29, 0.717) is 5.69 Å². The van der Waals surface area contributed by atoms with Crippen molar-refractivity contribution >= 4 is 21.2 Å². The summed E-state index contributed by atoms with van der Waals surface area (Å²) in [5.41, 5.74) is 1.41. The van der Waals surface area contributed by atoms with Gasteiger partial charge in [0, 0.05) is 30.4 Å². The summed E-state index contributed by atoms with van der Waals surface area (Å²) < 4.78 is 31.5. The van der Waals surface area contributed by atoms with E-state index in [1.165, 1.54) is 22.1 Å². The molecule has 2 heterocycles. The van der Waals surface area contributed by atoms with Crippen LogP contribution in [0.1, 0.15) is 5.69 Å². The van der Waals surface area contributed by atoms with Crippen LogP contribution in [0.4, 0.5) is 0 Å². The first-order chi connectivity index (χ1) is 11.0. The minimum atomic E-state index is -3.51. The fourth-order valence-corrected chi connectivity index (χ4v) is 4.48. The van der Waals surface area contributed by atoms with Gasteiger partial charge in [-0.15, -0.1) is 11.3 Å². The Bertz CT molecular complexity index is 929. The molecule has 0 saturated heterocycles. The third kappa shape index (κ3) is 3.27. The van der Waals surface area contributed by atoms with Gasteiger partial charge in [-0.1, -0.05) is 12.1 Å². The zero-order valence-electron chi connectivity index (χ0n) is 12.6. The number of rotatable bonds is 5. The van der Waals surface area contributed by atoms with E-state index in [0.717, 1.165) is 16.3 Å². The molecule has 0 unspecified atom stereocenters. The summed E-state index contributed by atoms with van der Waals surface area (Å²) in [6, 6.07) is 7.51. The quantitative estimate of drug-likeness (QED) is 0.708. The molecule has 0 radical (unpaired) electrons. The number of nitrogens with zero attached hydrogens (tertiary/aromatic N) is 3. The molecular weight excluding hydrogens is 334 g/mol. The van der Waals surface area contributed by atoms with Gasteiger partial charge in [-0.3, -0.25) is 0 Å². The van der Waals surface area contributed by atoms with E-state index in [2.05, 4.69) is 9.97 Å². The van der Waals surface area contributed by atoms with E-state index in [4.69, 9.17) is 4.74 Å². The predicted octanol–water partition coefficient (Wildman–Crippen LogP) is 2.53. The van der Waals surface area contributed by atoms with E-state index >= 15 is 0 Å². The van der Waals surface area contributed by atoms with Gasteiger partial charge in [-0.2, -0.15) is 0 Å². The second kappa shape index (κ2) is 6.13. The van der Waals surface area contributed by atoms with Crippen LogP contribution < -0.4 is 4.74 Å². The Morgan fingerprint density at radius 1 is 1.35 bits per heavy atom. The molecule has 0 fully saturated rings. The number of imidazole rings is 1. The van der Waals surface area contributed by atoms with Crippen LogP contribution in [0.5, 0.6) is 5.75 Å². The van der Waals surface area contributed by atoms with E-state index < -0.39 is 9.84 Å². The summed E-state index contributed by atoms with van der Waals surface area (Å²) in [7, 11) is -0.253. The Labute approximate surface area is 138 Å². The van der Waals surface area contributed by atoms with E-state index in [-0.39, 0.29) is 10.9 Å². The van der Waals surface area contributed by atoms with Crippen LogP contribution in [0.25, 0.3) is 10.6 Å². The Morgan fingerprint density at radius 2 is 2.17 bits per heavy atom. The highest BCUT2D eigenvalue weighted by Gasteiger charge is 2.21. The second-order valence-electron chi connectivity index (χ2n) is 4.96. The molecule has 3 aromatic rings. The molecule has 6 nitrogen and oxygen atoms in total.